The molecule has 8 nitrogen and oxygen atoms in total. The van der Waals surface area contributed by atoms with Crippen molar-refractivity contribution in [3.8, 4) is 11.5 Å². The van der Waals surface area contributed by atoms with Crippen molar-refractivity contribution < 1.29 is 28.7 Å². The van der Waals surface area contributed by atoms with Gasteiger partial charge in [0, 0.05) is 24.3 Å². The summed E-state index contributed by atoms with van der Waals surface area (Å²) in [5, 5.41) is 14.5. The molecule has 2 unspecified atom stereocenters. The normalized spacial score (nSPS) is 13.6. The van der Waals surface area contributed by atoms with E-state index < -0.39 is 35.0 Å². The Labute approximate surface area is 207 Å². The fraction of sp³-hybridized carbons (Fsp3) is 0.240. The Morgan fingerprint density at radius 1 is 1.11 bits per heavy atom. The maximum Gasteiger partial charge on any atom is 0.347 e. The summed E-state index contributed by atoms with van der Waals surface area (Å²) < 4.78 is 18.6. The number of methoxy groups -OCH3 is 1. The molecule has 0 aliphatic heterocycles. The second-order valence-corrected chi connectivity index (χ2v) is 8.34. The van der Waals surface area contributed by atoms with Gasteiger partial charge in [-0.25, -0.2) is 14.2 Å². The summed E-state index contributed by atoms with van der Waals surface area (Å²) in [6, 6.07) is 13.1. The molecule has 0 saturated heterocycles. The number of halogens is 2. The van der Waals surface area contributed by atoms with Crippen molar-refractivity contribution in [2.45, 2.75) is 25.4 Å². The summed E-state index contributed by atoms with van der Waals surface area (Å²) in [6.07, 6.45) is 1.30. The van der Waals surface area contributed by atoms with Gasteiger partial charge in [-0.1, -0.05) is 35.9 Å². The molecule has 0 aliphatic carbocycles. The molecular weight excluding hydrogens is 477 g/mol. The van der Waals surface area contributed by atoms with Crippen LogP contribution in [0.15, 0.2) is 60.8 Å². The minimum atomic E-state index is -1.10. The highest BCUT2D eigenvalue weighted by molar-refractivity contribution is 6.30. The maximum absolute atomic E-state index is 13.6. The Balaban J connectivity index is 1.82. The number of benzene rings is 2. The standard InChI is InChI=1S/C25H25ClFN3O5/c1-15(29-23(32)21-22(31)20(34-4)13-14-28-21)24(33)35-30(3)25(2,16-5-9-18(26)10-6-16)17-7-11-19(27)12-8-17/h5-15,31H,1-4H3,(H,29,32). The average molecular weight is 502 g/mol. The van der Waals surface area contributed by atoms with E-state index in [1.807, 2.05) is 0 Å². The molecule has 2 N–H and O–H groups in total. The number of carbonyl (C=O) groups is 2. The number of hydrogen-bond acceptors (Lipinski definition) is 7. The molecule has 3 rings (SSSR count). The molecule has 184 valence electrons. The summed E-state index contributed by atoms with van der Waals surface area (Å²) >= 11 is 6.04. The largest absolute Gasteiger partial charge is 0.503 e. The van der Waals surface area contributed by atoms with Gasteiger partial charge in [0.15, 0.2) is 17.2 Å². The Kier molecular flexibility index (Phi) is 7.93. The third-order valence-electron chi connectivity index (χ3n) is 5.69. The zero-order valence-corrected chi connectivity index (χ0v) is 20.3. The van der Waals surface area contributed by atoms with Crippen LogP contribution in [0, 0.1) is 5.82 Å². The number of ether oxygens (including phenoxy) is 1. The summed E-state index contributed by atoms with van der Waals surface area (Å²) in [5.41, 5.74) is 0.0592. The Morgan fingerprint density at radius 3 is 2.26 bits per heavy atom. The minimum absolute atomic E-state index is 0.0677. The number of rotatable bonds is 8. The van der Waals surface area contributed by atoms with E-state index in [9.17, 15) is 19.1 Å². The van der Waals surface area contributed by atoms with Crippen LogP contribution in [0.25, 0.3) is 0 Å². The summed E-state index contributed by atoms with van der Waals surface area (Å²) in [7, 11) is 2.89. The van der Waals surface area contributed by atoms with Gasteiger partial charge in [-0.15, -0.1) is 5.06 Å². The second kappa shape index (κ2) is 10.7. The van der Waals surface area contributed by atoms with Crippen molar-refractivity contribution in [3.63, 3.8) is 0 Å². The van der Waals surface area contributed by atoms with E-state index in [4.69, 9.17) is 21.2 Å². The molecule has 0 bridgehead atoms. The first-order valence-corrected chi connectivity index (χ1v) is 11.0. The first-order chi connectivity index (χ1) is 16.6. The molecule has 0 aliphatic rings. The lowest BCUT2D eigenvalue weighted by atomic mass is 9.84. The van der Waals surface area contributed by atoms with Gasteiger partial charge in [-0.05, 0) is 49.2 Å². The predicted molar refractivity (Wildman–Crippen MR) is 128 cm³/mol. The van der Waals surface area contributed by atoms with Gasteiger partial charge in [-0.3, -0.25) is 4.79 Å². The number of hydrogen-bond donors (Lipinski definition) is 2. The summed E-state index contributed by atoms with van der Waals surface area (Å²) in [6.45, 7) is 3.24. The Bertz CT molecular complexity index is 1160. The van der Waals surface area contributed by atoms with Crippen LogP contribution in [0.2, 0.25) is 5.02 Å². The van der Waals surface area contributed by atoms with E-state index >= 15 is 0 Å². The Hall–Kier alpha value is -3.69. The number of amides is 1. The van der Waals surface area contributed by atoms with Crippen LogP contribution < -0.4 is 10.1 Å². The molecule has 0 spiro atoms. The monoisotopic (exact) mass is 501 g/mol. The molecule has 2 aromatic carbocycles. The van der Waals surface area contributed by atoms with E-state index in [0.29, 0.717) is 10.6 Å². The molecule has 1 heterocycles. The SMILES string of the molecule is COc1ccnc(C(=O)NC(C)C(=O)ON(C)C(C)(c2ccc(F)cc2)c2ccc(Cl)cc2)c1O. The molecule has 35 heavy (non-hydrogen) atoms. The van der Waals surface area contributed by atoms with Crippen LogP contribution in [0.5, 0.6) is 11.5 Å². The number of aromatic hydroxyl groups is 1. The number of nitrogens with one attached hydrogen (secondary N) is 1. The van der Waals surface area contributed by atoms with Crippen LogP contribution >= 0.6 is 11.6 Å². The minimum Gasteiger partial charge on any atom is -0.503 e. The van der Waals surface area contributed by atoms with Gasteiger partial charge in [-0.2, -0.15) is 0 Å². The fourth-order valence-corrected chi connectivity index (χ4v) is 3.60. The first kappa shape index (κ1) is 25.9. The molecule has 3 aromatic rings. The van der Waals surface area contributed by atoms with Gasteiger partial charge >= 0.3 is 5.97 Å². The van der Waals surface area contributed by atoms with E-state index in [-0.39, 0.29) is 11.4 Å². The fourth-order valence-electron chi connectivity index (χ4n) is 3.48. The van der Waals surface area contributed by atoms with E-state index in [1.54, 1.807) is 50.4 Å². The van der Waals surface area contributed by atoms with Crippen molar-refractivity contribution in [1.82, 2.24) is 15.4 Å². The number of nitrogens with zero attached hydrogens (tertiary/aromatic N) is 2. The third-order valence-corrected chi connectivity index (χ3v) is 5.94. The van der Waals surface area contributed by atoms with E-state index in [2.05, 4.69) is 10.3 Å². The third kappa shape index (κ3) is 5.52. The lowest BCUT2D eigenvalue weighted by Gasteiger charge is -2.38. The molecular formula is C25H25ClFN3O5. The first-order valence-electron chi connectivity index (χ1n) is 10.6. The topological polar surface area (TPSA) is 101 Å². The number of hydroxylamine groups is 2. The average Bonchev–Trinajstić information content (AvgIpc) is 2.84. The predicted octanol–water partition coefficient (Wildman–Crippen LogP) is 4.06. The zero-order chi connectivity index (χ0) is 25.8. The van der Waals surface area contributed by atoms with Gasteiger partial charge in [0.2, 0.25) is 0 Å². The highest BCUT2D eigenvalue weighted by atomic mass is 35.5. The summed E-state index contributed by atoms with van der Waals surface area (Å²) in [5.74, 6) is -2.34. The van der Waals surface area contributed by atoms with Gasteiger partial charge in [0.1, 0.15) is 17.4 Å². The van der Waals surface area contributed by atoms with Crippen LogP contribution in [0.4, 0.5) is 4.39 Å². The highest BCUT2D eigenvalue weighted by Gasteiger charge is 2.37. The number of pyridine rings is 1. The number of aromatic nitrogens is 1. The van der Waals surface area contributed by atoms with Gasteiger partial charge < -0.3 is 20.0 Å². The van der Waals surface area contributed by atoms with Gasteiger partial charge in [0.05, 0.1) is 7.11 Å². The second-order valence-electron chi connectivity index (χ2n) is 7.90. The molecule has 0 radical (unpaired) electrons. The molecule has 10 heteroatoms. The van der Waals surface area contributed by atoms with Crippen molar-refractivity contribution in [2.75, 3.05) is 14.2 Å². The lowest BCUT2D eigenvalue weighted by Crippen LogP contribution is -2.47. The van der Waals surface area contributed by atoms with Crippen molar-refractivity contribution in [1.29, 1.82) is 0 Å². The van der Waals surface area contributed by atoms with Crippen molar-refractivity contribution in [2.24, 2.45) is 0 Å². The van der Waals surface area contributed by atoms with Crippen LogP contribution in [0.3, 0.4) is 0 Å². The van der Waals surface area contributed by atoms with Crippen LogP contribution in [-0.2, 0) is 15.2 Å². The van der Waals surface area contributed by atoms with Crippen molar-refractivity contribution in [3.05, 3.63) is 88.5 Å². The van der Waals surface area contributed by atoms with Crippen molar-refractivity contribution >= 4 is 23.5 Å². The van der Waals surface area contributed by atoms with E-state index in [1.165, 1.54) is 43.5 Å². The smallest absolute Gasteiger partial charge is 0.347 e. The Morgan fingerprint density at radius 2 is 1.69 bits per heavy atom. The molecule has 0 fully saturated rings. The van der Waals surface area contributed by atoms with Gasteiger partial charge in [0.25, 0.3) is 5.91 Å². The molecule has 1 aromatic heterocycles. The molecule has 1 amide bonds. The summed E-state index contributed by atoms with van der Waals surface area (Å²) in [4.78, 5) is 34.9. The maximum atomic E-state index is 13.6. The van der Waals surface area contributed by atoms with E-state index in [0.717, 1.165) is 5.56 Å². The molecule has 2 atom stereocenters. The highest BCUT2D eigenvalue weighted by Crippen LogP contribution is 2.36. The quantitative estimate of drug-likeness (QED) is 0.449. The number of carbonyl (C=O) groups excluding carboxylic acids is 2. The molecule has 0 saturated carbocycles. The lowest BCUT2D eigenvalue weighted by molar-refractivity contribution is -0.207. The van der Waals surface area contributed by atoms with Crippen LogP contribution in [0.1, 0.15) is 35.5 Å². The zero-order valence-electron chi connectivity index (χ0n) is 19.6. The van der Waals surface area contributed by atoms with Crippen LogP contribution in [-0.4, -0.2) is 47.2 Å².